The van der Waals surface area contributed by atoms with Crippen LogP contribution in [-0.2, 0) is 21.4 Å². The molecule has 1 N–H and O–H groups in total. The molecule has 0 aliphatic rings. The van der Waals surface area contributed by atoms with Crippen LogP contribution in [0.25, 0.3) is 0 Å². The Bertz CT molecular complexity index is 836. The summed E-state index contributed by atoms with van der Waals surface area (Å²) in [4.78, 5) is 14.5. The topological polar surface area (TPSA) is 69.7 Å². The number of nitrogens with zero attached hydrogens (tertiary/aromatic N) is 2. The molecule has 2 aromatic rings. The van der Waals surface area contributed by atoms with Gasteiger partial charge in [-0.25, -0.2) is 12.7 Å². The van der Waals surface area contributed by atoms with Crippen LogP contribution in [0, 0.1) is 0 Å². The minimum atomic E-state index is -3.53. The van der Waals surface area contributed by atoms with Crippen LogP contribution in [0.5, 0.6) is 0 Å². The number of carbonyl (C=O) groups is 1. The Hall–Kier alpha value is -2.22. The maximum Gasteiger partial charge on any atom is 0.242 e. The van der Waals surface area contributed by atoms with Crippen molar-refractivity contribution in [3.8, 4) is 0 Å². The summed E-state index contributed by atoms with van der Waals surface area (Å²) in [5.41, 5.74) is 1.61. The Morgan fingerprint density at radius 3 is 2.35 bits per heavy atom. The van der Waals surface area contributed by atoms with Gasteiger partial charge in [0.25, 0.3) is 0 Å². The van der Waals surface area contributed by atoms with Gasteiger partial charge in [0.2, 0.25) is 15.9 Å². The number of anilines is 1. The molecule has 0 heterocycles. The lowest BCUT2D eigenvalue weighted by atomic mass is 10.2. The number of amides is 1. The van der Waals surface area contributed by atoms with Crippen molar-refractivity contribution in [2.45, 2.75) is 18.4 Å². The van der Waals surface area contributed by atoms with Gasteiger partial charge in [-0.15, -0.1) is 0 Å². The smallest absolute Gasteiger partial charge is 0.242 e. The van der Waals surface area contributed by atoms with E-state index in [9.17, 15) is 13.2 Å². The zero-order valence-corrected chi connectivity index (χ0v) is 16.2. The number of hydrogen-bond acceptors (Lipinski definition) is 4. The molecule has 0 bridgehead atoms. The number of likely N-dealkylation sites (N-methyl/N-ethyl adjacent to an activating group) is 1. The van der Waals surface area contributed by atoms with Gasteiger partial charge in [0.1, 0.15) is 0 Å². The summed E-state index contributed by atoms with van der Waals surface area (Å²) >= 11 is 0. The molecule has 1 amide bonds. The zero-order valence-electron chi connectivity index (χ0n) is 15.3. The molecule has 0 unspecified atom stereocenters. The first-order chi connectivity index (χ1) is 12.3. The van der Waals surface area contributed by atoms with E-state index in [1.165, 1.54) is 26.2 Å². The number of benzene rings is 2. The van der Waals surface area contributed by atoms with Crippen molar-refractivity contribution >= 4 is 21.6 Å². The van der Waals surface area contributed by atoms with Crippen LogP contribution < -0.4 is 5.32 Å². The molecule has 0 aliphatic heterocycles. The molecule has 0 aromatic heterocycles. The molecule has 0 atom stereocenters. The largest absolute Gasteiger partial charge is 0.325 e. The number of hydrogen-bond donors (Lipinski definition) is 1. The van der Waals surface area contributed by atoms with E-state index in [1.807, 2.05) is 42.2 Å². The van der Waals surface area contributed by atoms with E-state index in [0.717, 1.165) is 16.4 Å². The first-order valence-electron chi connectivity index (χ1n) is 8.41. The third kappa shape index (κ3) is 5.39. The Labute approximate surface area is 155 Å². The second kappa shape index (κ2) is 8.93. The SMILES string of the molecule is CCN(CC(=O)Nc1cccc(S(=O)(=O)N(C)C)c1)Cc1ccccc1. The zero-order chi connectivity index (χ0) is 19.2. The monoisotopic (exact) mass is 375 g/mol. The predicted molar refractivity (Wildman–Crippen MR) is 103 cm³/mol. The van der Waals surface area contributed by atoms with Crippen molar-refractivity contribution in [1.29, 1.82) is 0 Å². The van der Waals surface area contributed by atoms with Crippen LogP contribution in [0.4, 0.5) is 5.69 Å². The van der Waals surface area contributed by atoms with Crippen molar-refractivity contribution in [3.05, 3.63) is 60.2 Å². The van der Waals surface area contributed by atoms with Crippen molar-refractivity contribution in [3.63, 3.8) is 0 Å². The van der Waals surface area contributed by atoms with Crippen LogP contribution in [0.15, 0.2) is 59.5 Å². The second-order valence-corrected chi connectivity index (χ2v) is 8.30. The van der Waals surface area contributed by atoms with E-state index >= 15 is 0 Å². The van der Waals surface area contributed by atoms with Crippen LogP contribution in [0.1, 0.15) is 12.5 Å². The van der Waals surface area contributed by atoms with Gasteiger partial charge < -0.3 is 5.32 Å². The molecule has 0 radical (unpaired) electrons. The standard InChI is InChI=1S/C19H25N3O3S/c1-4-22(14-16-9-6-5-7-10-16)15-19(23)20-17-11-8-12-18(13-17)26(24,25)21(2)3/h5-13H,4,14-15H2,1-3H3,(H,20,23). The van der Waals surface area contributed by atoms with E-state index in [1.54, 1.807) is 12.1 Å². The molecule has 26 heavy (non-hydrogen) atoms. The molecule has 0 saturated carbocycles. The highest BCUT2D eigenvalue weighted by atomic mass is 32.2. The number of carbonyl (C=O) groups excluding carboxylic acids is 1. The Kier molecular flexibility index (Phi) is 6.90. The number of sulfonamides is 1. The maximum absolute atomic E-state index is 12.4. The molecule has 140 valence electrons. The highest BCUT2D eigenvalue weighted by Crippen LogP contribution is 2.18. The predicted octanol–water partition coefficient (Wildman–Crippen LogP) is 2.40. The third-order valence-corrected chi connectivity index (χ3v) is 5.77. The normalized spacial score (nSPS) is 11.7. The average Bonchev–Trinajstić information content (AvgIpc) is 2.62. The minimum Gasteiger partial charge on any atom is -0.325 e. The fourth-order valence-corrected chi connectivity index (χ4v) is 3.42. The molecule has 0 saturated heterocycles. The summed E-state index contributed by atoms with van der Waals surface area (Å²) in [6.07, 6.45) is 0. The quantitative estimate of drug-likeness (QED) is 0.769. The summed E-state index contributed by atoms with van der Waals surface area (Å²) in [5.74, 6) is -0.179. The van der Waals surface area contributed by atoms with Crippen molar-refractivity contribution in [1.82, 2.24) is 9.21 Å². The lowest BCUT2D eigenvalue weighted by Crippen LogP contribution is -2.32. The van der Waals surface area contributed by atoms with E-state index < -0.39 is 10.0 Å². The lowest BCUT2D eigenvalue weighted by Gasteiger charge is -2.20. The van der Waals surface area contributed by atoms with Gasteiger partial charge in [0.15, 0.2) is 0 Å². The molecule has 2 rings (SSSR count). The molecule has 2 aromatic carbocycles. The highest BCUT2D eigenvalue weighted by molar-refractivity contribution is 7.89. The average molecular weight is 375 g/mol. The van der Waals surface area contributed by atoms with Gasteiger partial charge in [-0.3, -0.25) is 9.69 Å². The highest BCUT2D eigenvalue weighted by Gasteiger charge is 2.18. The maximum atomic E-state index is 12.4. The number of rotatable bonds is 8. The van der Waals surface area contributed by atoms with Gasteiger partial charge in [0, 0.05) is 26.3 Å². The van der Waals surface area contributed by atoms with Crippen molar-refractivity contribution in [2.75, 3.05) is 32.5 Å². The van der Waals surface area contributed by atoms with Gasteiger partial charge >= 0.3 is 0 Å². The van der Waals surface area contributed by atoms with Crippen molar-refractivity contribution < 1.29 is 13.2 Å². The van der Waals surface area contributed by atoms with E-state index in [4.69, 9.17) is 0 Å². The van der Waals surface area contributed by atoms with E-state index in [0.29, 0.717) is 12.2 Å². The molecule has 0 spiro atoms. The van der Waals surface area contributed by atoms with Gasteiger partial charge in [-0.05, 0) is 30.3 Å². The van der Waals surface area contributed by atoms with Gasteiger partial charge in [-0.2, -0.15) is 0 Å². The fourth-order valence-electron chi connectivity index (χ4n) is 2.47. The Balaban J connectivity index is 2.03. The first-order valence-corrected chi connectivity index (χ1v) is 9.85. The van der Waals surface area contributed by atoms with Crippen LogP contribution >= 0.6 is 0 Å². The third-order valence-electron chi connectivity index (χ3n) is 3.96. The summed E-state index contributed by atoms with van der Waals surface area (Å²) in [5, 5.41) is 2.78. The Morgan fingerprint density at radius 1 is 1.04 bits per heavy atom. The van der Waals surface area contributed by atoms with Crippen LogP contribution in [-0.4, -0.2) is 50.7 Å². The Morgan fingerprint density at radius 2 is 1.73 bits per heavy atom. The molecule has 0 fully saturated rings. The summed E-state index contributed by atoms with van der Waals surface area (Å²) in [6, 6.07) is 16.2. The fraction of sp³-hybridized carbons (Fsp3) is 0.316. The molecular weight excluding hydrogens is 350 g/mol. The van der Waals surface area contributed by atoms with Crippen LogP contribution in [0.2, 0.25) is 0 Å². The first kappa shape index (κ1) is 20.1. The molecule has 7 heteroatoms. The van der Waals surface area contributed by atoms with Gasteiger partial charge in [0.05, 0.1) is 11.4 Å². The molecular formula is C19H25N3O3S. The molecule has 6 nitrogen and oxygen atoms in total. The lowest BCUT2D eigenvalue weighted by molar-refractivity contribution is -0.117. The van der Waals surface area contributed by atoms with Crippen molar-refractivity contribution in [2.24, 2.45) is 0 Å². The van der Waals surface area contributed by atoms with Crippen LogP contribution in [0.3, 0.4) is 0 Å². The van der Waals surface area contributed by atoms with E-state index in [-0.39, 0.29) is 17.3 Å². The van der Waals surface area contributed by atoms with Gasteiger partial charge in [-0.1, -0.05) is 43.3 Å². The summed E-state index contributed by atoms with van der Waals surface area (Å²) < 4.78 is 25.5. The summed E-state index contributed by atoms with van der Waals surface area (Å²) in [6.45, 7) is 3.65. The second-order valence-electron chi connectivity index (χ2n) is 6.15. The summed E-state index contributed by atoms with van der Waals surface area (Å²) in [7, 11) is -0.581. The number of nitrogens with one attached hydrogen (secondary N) is 1. The molecule has 0 aliphatic carbocycles. The minimum absolute atomic E-state index is 0.150. The van der Waals surface area contributed by atoms with E-state index in [2.05, 4.69) is 5.32 Å².